The zero-order valence-corrected chi connectivity index (χ0v) is 18.2. The number of rotatable bonds is 6. The van der Waals surface area contributed by atoms with Crippen molar-refractivity contribution in [3.63, 3.8) is 0 Å². The van der Waals surface area contributed by atoms with Crippen LogP contribution in [-0.2, 0) is 4.74 Å². The van der Waals surface area contributed by atoms with Crippen molar-refractivity contribution in [1.82, 2.24) is 24.9 Å². The molecule has 3 heterocycles. The van der Waals surface area contributed by atoms with Gasteiger partial charge in [-0.25, -0.2) is 9.67 Å². The van der Waals surface area contributed by atoms with E-state index in [-0.39, 0.29) is 18.1 Å². The summed E-state index contributed by atoms with van der Waals surface area (Å²) in [7, 11) is 0. The van der Waals surface area contributed by atoms with Crippen molar-refractivity contribution < 1.29 is 9.53 Å². The lowest BCUT2D eigenvalue weighted by Gasteiger charge is -2.37. The molecule has 0 radical (unpaired) electrons. The minimum Gasteiger partial charge on any atom is -0.376 e. The first-order chi connectivity index (χ1) is 15.1. The summed E-state index contributed by atoms with van der Waals surface area (Å²) in [4.78, 5) is 19.6. The zero-order chi connectivity index (χ0) is 20.9. The van der Waals surface area contributed by atoms with Crippen molar-refractivity contribution in [2.45, 2.75) is 63.5 Å². The van der Waals surface area contributed by atoms with Crippen LogP contribution < -0.4 is 0 Å². The fraction of sp³-hybridized carbons (Fsp3) is 0.667. The molecule has 4 atom stereocenters. The summed E-state index contributed by atoms with van der Waals surface area (Å²) in [6.07, 6.45) is 9.37. The second kappa shape index (κ2) is 7.69. The minimum atomic E-state index is 0.0573. The summed E-state index contributed by atoms with van der Waals surface area (Å²) in [6.45, 7) is 4.40. The van der Waals surface area contributed by atoms with E-state index in [9.17, 15) is 4.79 Å². The van der Waals surface area contributed by atoms with Gasteiger partial charge in [0.2, 0.25) is 0 Å². The Morgan fingerprint density at radius 3 is 2.68 bits per heavy atom. The first-order valence-electron chi connectivity index (χ1n) is 11.9. The molecule has 7 nitrogen and oxygen atoms in total. The highest BCUT2D eigenvalue weighted by molar-refractivity contribution is 5.92. The van der Waals surface area contributed by atoms with Crippen molar-refractivity contribution in [3.05, 3.63) is 41.5 Å². The average Bonchev–Trinajstić information content (AvgIpc) is 3.70. The molecule has 0 bridgehead atoms. The molecule has 1 saturated heterocycles. The molecule has 2 aromatic rings. The van der Waals surface area contributed by atoms with Crippen molar-refractivity contribution in [2.24, 2.45) is 17.8 Å². The standard InChI is InChI=1S/C24H31N5O2/c1-15-3-2-4-20(25-15)24(30)28-11-18-9-22(29-13-21(26-27-29)17-7-8-17)23(10-19(18)12-28)31-14-16-5-6-16/h2-4,13,16-19,22-23H,5-12,14H2,1H3/t18-,19+,22-,23-/m1/s1. The summed E-state index contributed by atoms with van der Waals surface area (Å²) in [5, 5.41) is 8.97. The van der Waals surface area contributed by atoms with Gasteiger partial charge in [0, 0.05) is 37.5 Å². The highest BCUT2D eigenvalue weighted by Crippen LogP contribution is 2.44. The van der Waals surface area contributed by atoms with Crippen molar-refractivity contribution in [3.8, 4) is 0 Å². The molecule has 0 N–H and O–H groups in total. The van der Waals surface area contributed by atoms with Crippen molar-refractivity contribution in [1.29, 1.82) is 0 Å². The number of ether oxygens (including phenoxy) is 1. The van der Waals surface area contributed by atoms with Crippen molar-refractivity contribution in [2.75, 3.05) is 19.7 Å². The van der Waals surface area contributed by atoms with Crippen LogP contribution in [0.5, 0.6) is 0 Å². The molecule has 164 valence electrons. The average molecular weight is 422 g/mol. The van der Waals surface area contributed by atoms with Crippen LogP contribution in [0.4, 0.5) is 0 Å². The van der Waals surface area contributed by atoms with Gasteiger partial charge in [-0.05, 0) is 75.3 Å². The van der Waals surface area contributed by atoms with E-state index in [2.05, 4.69) is 26.2 Å². The molecule has 0 aromatic carbocycles. The maximum Gasteiger partial charge on any atom is 0.272 e. The van der Waals surface area contributed by atoms with Crippen LogP contribution in [-0.4, -0.2) is 56.6 Å². The predicted molar refractivity (Wildman–Crippen MR) is 115 cm³/mol. The van der Waals surface area contributed by atoms with Crippen molar-refractivity contribution >= 4 is 5.91 Å². The Morgan fingerprint density at radius 2 is 1.94 bits per heavy atom. The molecule has 2 aromatic heterocycles. The van der Waals surface area contributed by atoms with Crippen LogP contribution >= 0.6 is 0 Å². The molecule has 4 aliphatic rings. The third-order valence-electron chi connectivity index (χ3n) is 7.59. The first-order valence-corrected chi connectivity index (χ1v) is 11.9. The largest absolute Gasteiger partial charge is 0.376 e. The van der Waals surface area contributed by atoms with Gasteiger partial charge in [-0.15, -0.1) is 5.10 Å². The van der Waals surface area contributed by atoms with Crippen LogP contribution in [0, 0.1) is 24.7 Å². The Bertz CT molecular complexity index is 966. The SMILES string of the molecule is Cc1cccc(C(=O)N2C[C@H]3C[C@@H](n4cc(C5CC5)nn4)[C@H](OCC4CC4)C[C@H]3C2)n1. The number of fused-ring (bicyclic) bond motifs is 1. The van der Waals surface area contributed by atoms with Gasteiger partial charge in [-0.2, -0.15) is 0 Å². The minimum absolute atomic E-state index is 0.0573. The molecule has 1 aliphatic heterocycles. The lowest BCUT2D eigenvalue weighted by atomic mass is 9.77. The fourth-order valence-corrected chi connectivity index (χ4v) is 5.40. The number of aryl methyl sites for hydroxylation is 1. The van der Waals surface area contributed by atoms with Gasteiger partial charge in [-0.3, -0.25) is 4.79 Å². The number of hydrogen-bond donors (Lipinski definition) is 0. The van der Waals surface area contributed by atoms with Gasteiger partial charge < -0.3 is 9.64 Å². The molecule has 31 heavy (non-hydrogen) atoms. The van der Waals surface area contributed by atoms with Crippen LogP contribution in [0.1, 0.15) is 72.4 Å². The van der Waals surface area contributed by atoms with E-state index in [1.165, 1.54) is 25.7 Å². The maximum atomic E-state index is 13.1. The smallest absolute Gasteiger partial charge is 0.272 e. The summed E-state index contributed by atoms with van der Waals surface area (Å²) in [6, 6.07) is 5.89. The molecule has 3 saturated carbocycles. The number of pyridine rings is 1. The number of carbonyl (C=O) groups is 1. The number of hydrogen-bond acceptors (Lipinski definition) is 5. The van der Waals surface area contributed by atoms with Crippen LogP contribution in [0.25, 0.3) is 0 Å². The molecule has 7 heteroatoms. The van der Waals surface area contributed by atoms with E-state index in [1.807, 2.05) is 30.0 Å². The predicted octanol–water partition coefficient (Wildman–Crippen LogP) is 3.38. The topological polar surface area (TPSA) is 73.1 Å². The van der Waals surface area contributed by atoms with Gasteiger partial charge >= 0.3 is 0 Å². The molecule has 0 unspecified atom stereocenters. The normalized spacial score (nSPS) is 30.4. The van der Waals surface area contributed by atoms with E-state index in [4.69, 9.17) is 4.74 Å². The molecule has 3 aliphatic carbocycles. The monoisotopic (exact) mass is 421 g/mol. The second-order valence-corrected chi connectivity index (χ2v) is 10.1. The van der Waals surface area contributed by atoms with Gasteiger partial charge in [0.25, 0.3) is 5.91 Å². The second-order valence-electron chi connectivity index (χ2n) is 10.1. The molecular weight excluding hydrogens is 390 g/mol. The van der Waals surface area contributed by atoms with E-state index in [0.29, 0.717) is 23.4 Å². The van der Waals surface area contributed by atoms with Gasteiger partial charge in [-0.1, -0.05) is 11.3 Å². The summed E-state index contributed by atoms with van der Waals surface area (Å²) >= 11 is 0. The molecular formula is C24H31N5O2. The third-order valence-corrected chi connectivity index (χ3v) is 7.59. The Balaban J connectivity index is 1.19. The fourth-order valence-electron chi connectivity index (χ4n) is 5.40. The van der Waals surface area contributed by atoms with E-state index >= 15 is 0 Å². The number of likely N-dealkylation sites (tertiary alicyclic amines) is 1. The quantitative estimate of drug-likeness (QED) is 0.715. The summed E-state index contributed by atoms with van der Waals surface area (Å²) in [5.41, 5.74) is 2.58. The molecule has 6 rings (SSSR count). The van der Waals surface area contributed by atoms with Crippen LogP contribution in [0.15, 0.2) is 24.4 Å². The van der Waals surface area contributed by atoms with Crippen LogP contribution in [0.2, 0.25) is 0 Å². The molecule has 4 fully saturated rings. The molecule has 0 spiro atoms. The number of nitrogens with zero attached hydrogens (tertiary/aromatic N) is 5. The number of aromatic nitrogens is 4. The Morgan fingerprint density at radius 1 is 1.13 bits per heavy atom. The van der Waals surface area contributed by atoms with Crippen LogP contribution in [0.3, 0.4) is 0 Å². The number of amides is 1. The Kier molecular flexibility index (Phi) is 4.82. The van der Waals surface area contributed by atoms with E-state index < -0.39 is 0 Å². The highest BCUT2D eigenvalue weighted by Gasteiger charge is 2.45. The Labute approximate surface area is 183 Å². The van der Waals surface area contributed by atoms with E-state index in [0.717, 1.165) is 49.8 Å². The van der Waals surface area contributed by atoms with Gasteiger partial charge in [0.1, 0.15) is 5.69 Å². The lowest BCUT2D eigenvalue weighted by Crippen LogP contribution is -2.38. The van der Waals surface area contributed by atoms with Gasteiger partial charge in [0.05, 0.1) is 17.8 Å². The zero-order valence-electron chi connectivity index (χ0n) is 18.2. The first kappa shape index (κ1) is 19.4. The summed E-state index contributed by atoms with van der Waals surface area (Å²) < 4.78 is 8.54. The summed E-state index contributed by atoms with van der Waals surface area (Å²) in [5.74, 6) is 2.37. The maximum absolute atomic E-state index is 13.1. The van der Waals surface area contributed by atoms with Gasteiger partial charge in [0.15, 0.2) is 0 Å². The lowest BCUT2D eigenvalue weighted by molar-refractivity contribution is -0.0375. The number of carbonyl (C=O) groups excluding carboxylic acids is 1. The van der Waals surface area contributed by atoms with E-state index in [1.54, 1.807) is 0 Å². The third kappa shape index (κ3) is 4.00. The Hall–Kier alpha value is -2.28. The highest BCUT2D eigenvalue weighted by atomic mass is 16.5. The molecule has 1 amide bonds.